The fourth-order valence-electron chi connectivity index (χ4n) is 3.95. The zero-order valence-electron chi connectivity index (χ0n) is 13.7. The highest BCUT2D eigenvalue weighted by Gasteiger charge is 2.34. The Bertz CT molecular complexity index is 909. The summed E-state index contributed by atoms with van der Waals surface area (Å²) in [6.45, 7) is 0.652. The van der Waals surface area contributed by atoms with Crippen molar-refractivity contribution in [1.29, 1.82) is 0 Å². The molecule has 0 radical (unpaired) electrons. The Hall–Kier alpha value is -2.27. The summed E-state index contributed by atoms with van der Waals surface area (Å²) in [4.78, 5) is 3.10. The van der Waals surface area contributed by atoms with E-state index in [1.165, 1.54) is 18.2 Å². The molecule has 2 nitrogen and oxygen atoms in total. The molecule has 0 saturated heterocycles. The highest BCUT2D eigenvalue weighted by molar-refractivity contribution is 5.92. The number of H-pyrrole nitrogens is 1. The molecule has 0 atom stereocenters. The van der Waals surface area contributed by atoms with Gasteiger partial charge in [0.25, 0.3) is 0 Å². The second-order valence-electron chi connectivity index (χ2n) is 6.84. The van der Waals surface area contributed by atoms with Crippen molar-refractivity contribution in [2.24, 2.45) is 11.7 Å². The third-order valence-electron chi connectivity index (χ3n) is 5.22. The van der Waals surface area contributed by atoms with Gasteiger partial charge in [0.2, 0.25) is 0 Å². The van der Waals surface area contributed by atoms with Gasteiger partial charge in [0.15, 0.2) is 0 Å². The third kappa shape index (κ3) is 2.82. The van der Waals surface area contributed by atoms with Crippen LogP contribution in [0, 0.1) is 23.4 Å². The van der Waals surface area contributed by atoms with Gasteiger partial charge in [-0.2, -0.15) is 0 Å². The molecular formula is C20H19F3N2. The summed E-state index contributed by atoms with van der Waals surface area (Å²) in [7, 11) is 0. The lowest BCUT2D eigenvalue weighted by molar-refractivity contribution is 0.253. The number of nitrogens with two attached hydrogens (primary N) is 1. The molecule has 1 saturated carbocycles. The van der Waals surface area contributed by atoms with E-state index in [2.05, 4.69) is 4.98 Å². The van der Waals surface area contributed by atoms with Gasteiger partial charge in [-0.05, 0) is 79.1 Å². The van der Waals surface area contributed by atoms with E-state index in [1.54, 1.807) is 12.1 Å². The highest BCUT2D eigenvalue weighted by Crippen LogP contribution is 2.49. The molecular weight excluding hydrogens is 325 g/mol. The average molecular weight is 344 g/mol. The van der Waals surface area contributed by atoms with E-state index in [0.29, 0.717) is 23.4 Å². The Balaban J connectivity index is 1.85. The minimum atomic E-state index is -0.609. The van der Waals surface area contributed by atoms with Crippen molar-refractivity contribution in [2.45, 2.75) is 25.2 Å². The molecule has 2 aromatic carbocycles. The van der Waals surface area contributed by atoms with E-state index >= 15 is 0 Å². The molecule has 5 heteroatoms. The maximum Gasteiger partial charge on any atom is 0.150 e. The lowest BCUT2D eigenvalue weighted by Gasteiger charge is -2.36. The first-order chi connectivity index (χ1) is 12.1. The first-order valence-corrected chi connectivity index (χ1v) is 8.53. The molecule has 1 aromatic heterocycles. The zero-order chi connectivity index (χ0) is 17.6. The van der Waals surface area contributed by atoms with E-state index in [0.717, 1.165) is 42.1 Å². The number of hydrogen-bond donors (Lipinski definition) is 2. The normalized spacial score (nSPS) is 20.0. The summed E-state index contributed by atoms with van der Waals surface area (Å²) in [5.41, 5.74) is 8.37. The predicted octanol–water partition coefficient (Wildman–Crippen LogP) is 5.09. The van der Waals surface area contributed by atoms with Crippen LogP contribution in [0.5, 0.6) is 0 Å². The first-order valence-electron chi connectivity index (χ1n) is 8.53. The van der Waals surface area contributed by atoms with Gasteiger partial charge in [0.05, 0.1) is 11.2 Å². The van der Waals surface area contributed by atoms with Crippen molar-refractivity contribution >= 4 is 10.9 Å². The number of benzene rings is 2. The molecule has 25 heavy (non-hydrogen) atoms. The van der Waals surface area contributed by atoms with Gasteiger partial charge in [0.1, 0.15) is 17.5 Å². The van der Waals surface area contributed by atoms with Crippen LogP contribution < -0.4 is 5.73 Å². The van der Waals surface area contributed by atoms with E-state index < -0.39 is 11.6 Å². The van der Waals surface area contributed by atoms with Crippen LogP contribution in [0.4, 0.5) is 13.2 Å². The van der Waals surface area contributed by atoms with Crippen molar-refractivity contribution in [2.75, 3.05) is 6.54 Å². The minimum Gasteiger partial charge on any atom is -0.352 e. The van der Waals surface area contributed by atoms with Crippen LogP contribution >= 0.6 is 0 Å². The second-order valence-corrected chi connectivity index (χ2v) is 6.84. The highest BCUT2D eigenvalue weighted by atomic mass is 19.1. The number of rotatable bonds is 4. The molecule has 0 unspecified atom stereocenters. The Morgan fingerprint density at radius 2 is 1.72 bits per heavy atom. The Morgan fingerprint density at radius 1 is 1.00 bits per heavy atom. The Morgan fingerprint density at radius 3 is 2.40 bits per heavy atom. The molecule has 0 amide bonds. The minimum absolute atomic E-state index is 0.228. The van der Waals surface area contributed by atoms with Crippen molar-refractivity contribution in [3.8, 4) is 11.3 Å². The van der Waals surface area contributed by atoms with Crippen LogP contribution in [0.1, 0.15) is 30.7 Å². The van der Waals surface area contributed by atoms with Crippen LogP contribution in [0.2, 0.25) is 0 Å². The number of hydrogen-bond acceptors (Lipinski definition) is 1. The number of fused-ring (bicyclic) bond motifs is 1. The van der Waals surface area contributed by atoms with Crippen LogP contribution in [0.25, 0.3) is 22.2 Å². The summed E-state index contributed by atoms with van der Waals surface area (Å²) in [5, 5.41) is 0.577. The number of aromatic nitrogens is 1. The van der Waals surface area contributed by atoms with Gasteiger partial charge in [-0.25, -0.2) is 13.2 Å². The van der Waals surface area contributed by atoms with Crippen molar-refractivity contribution in [3.05, 3.63) is 59.4 Å². The van der Waals surface area contributed by atoms with Crippen molar-refractivity contribution in [1.82, 2.24) is 4.98 Å². The SMILES string of the molecule is NCCC1CC(c2c(-c3ccc(F)cc3)[nH]c3c(F)cc(F)cc23)C1. The topological polar surface area (TPSA) is 41.8 Å². The van der Waals surface area contributed by atoms with Gasteiger partial charge in [-0.1, -0.05) is 0 Å². The van der Waals surface area contributed by atoms with E-state index in [9.17, 15) is 13.2 Å². The predicted molar refractivity (Wildman–Crippen MR) is 92.7 cm³/mol. The molecule has 1 aliphatic rings. The quantitative estimate of drug-likeness (QED) is 0.680. The zero-order valence-corrected chi connectivity index (χ0v) is 13.7. The summed E-state index contributed by atoms with van der Waals surface area (Å²) < 4.78 is 41.3. The number of nitrogens with one attached hydrogen (secondary N) is 1. The molecule has 1 heterocycles. The van der Waals surface area contributed by atoms with E-state index in [-0.39, 0.29) is 11.7 Å². The van der Waals surface area contributed by atoms with Crippen molar-refractivity contribution in [3.63, 3.8) is 0 Å². The van der Waals surface area contributed by atoms with Crippen molar-refractivity contribution < 1.29 is 13.2 Å². The molecule has 1 aliphatic carbocycles. The number of halogens is 3. The monoisotopic (exact) mass is 344 g/mol. The molecule has 0 spiro atoms. The maximum absolute atomic E-state index is 14.3. The summed E-state index contributed by atoms with van der Waals surface area (Å²) in [5.74, 6) is -0.743. The van der Waals surface area contributed by atoms with Gasteiger partial charge in [-0.3, -0.25) is 0 Å². The van der Waals surface area contributed by atoms with Crippen LogP contribution in [0.3, 0.4) is 0 Å². The lowest BCUT2D eigenvalue weighted by atomic mass is 9.69. The molecule has 0 bridgehead atoms. The second kappa shape index (κ2) is 6.23. The van der Waals surface area contributed by atoms with E-state index in [4.69, 9.17) is 5.73 Å². The van der Waals surface area contributed by atoms with Gasteiger partial charge in [-0.15, -0.1) is 0 Å². The smallest absolute Gasteiger partial charge is 0.150 e. The first kappa shape index (κ1) is 16.2. The standard InChI is InChI=1S/C20H19F3N2/c21-14-3-1-12(2-4-14)19-18(13-7-11(8-13)5-6-24)16-9-15(22)10-17(23)20(16)25-19/h1-4,9-11,13,25H,5-8,24H2. The van der Waals surface area contributed by atoms with Crippen LogP contribution in [-0.4, -0.2) is 11.5 Å². The van der Waals surface area contributed by atoms with Gasteiger partial charge >= 0.3 is 0 Å². The summed E-state index contributed by atoms with van der Waals surface area (Å²) >= 11 is 0. The van der Waals surface area contributed by atoms with E-state index in [1.807, 2.05) is 0 Å². The molecule has 3 N–H and O–H groups in total. The Kier molecular flexibility index (Phi) is 4.04. The average Bonchev–Trinajstić information content (AvgIpc) is 2.90. The number of aromatic amines is 1. The largest absolute Gasteiger partial charge is 0.352 e. The Labute approximate surface area is 143 Å². The van der Waals surface area contributed by atoms with Crippen LogP contribution in [0.15, 0.2) is 36.4 Å². The summed E-state index contributed by atoms with van der Waals surface area (Å²) in [6, 6.07) is 8.34. The summed E-state index contributed by atoms with van der Waals surface area (Å²) in [6.07, 6.45) is 2.88. The third-order valence-corrected chi connectivity index (χ3v) is 5.22. The molecule has 1 fully saturated rings. The van der Waals surface area contributed by atoms with Crippen LogP contribution in [-0.2, 0) is 0 Å². The van der Waals surface area contributed by atoms with Gasteiger partial charge in [0, 0.05) is 11.5 Å². The molecule has 3 aromatic rings. The fraction of sp³-hybridized carbons (Fsp3) is 0.300. The molecule has 0 aliphatic heterocycles. The lowest BCUT2D eigenvalue weighted by Crippen LogP contribution is -2.24. The molecule has 130 valence electrons. The maximum atomic E-state index is 14.3. The fourth-order valence-corrected chi connectivity index (χ4v) is 3.95. The van der Waals surface area contributed by atoms with Gasteiger partial charge < -0.3 is 10.7 Å². The molecule has 4 rings (SSSR count).